The Bertz CT molecular complexity index is 486. The lowest BCUT2D eigenvalue weighted by molar-refractivity contribution is -0.131. The number of nitrogens with one attached hydrogen (secondary N) is 1. The lowest BCUT2D eigenvalue weighted by Gasteiger charge is -2.11. The van der Waals surface area contributed by atoms with Gasteiger partial charge in [0.1, 0.15) is 0 Å². The summed E-state index contributed by atoms with van der Waals surface area (Å²) >= 11 is 3.41. The number of halogens is 1. The van der Waals surface area contributed by atoms with Crippen LogP contribution >= 0.6 is 15.9 Å². The summed E-state index contributed by atoms with van der Waals surface area (Å²) in [5.74, 6) is -0.112. The summed E-state index contributed by atoms with van der Waals surface area (Å²) < 4.78 is 0.984. The normalized spacial score (nSPS) is 18.4. The van der Waals surface area contributed by atoms with Crippen molar-refractivity contribution in [3.05, 3.63) is 34.3 Å². The van der Waals surface area contributed by atoms with Gasteiger partial charge in [0.05, 0.1) is 5.71 Å². The van der Waals surface area contributed by atoms with Crippen LogP contribution in [-0.4, -0.2) is 23.8 Å². The van der Waals surface area contributed by atoms with Crippen LogP contribution in [0.2, 0.25) is 0 Å². The van der Waals surface area contributed by atoms with E-state index in [2.05, 4.69) is 26.4 Å². The van der Waals surface area contributed by atoms with Crippen molar-refractivity contribution in [1.29, 1.82) is 0 Å². The van der Waals surface area contributed by atoms with Crippen LogP contribution in [0.25, 0.3) is 0 Å². The number of amides is 1. The first-order valence-corrected chi connectivity index (χ1v) is 6.64. The molecule has 0 spiro atoms. The van der Waals surface area contributed by atoms with Gasteiger partial charge in [-0.2, -0.15) is 0 Å². The van der Waals surface area contributed by atoms with Gasteiger partial charge in [0, 0.05) is 22.5 Å². The Morgan fingerprint density at radius 1 is 1.56 bits per heavy atom. The standard InChI is InChI=1S/C13H15BrN2O2/c1-8(2)15-13(17)12-7-11(16-18-12)9-4-3-5-10(14)6-9/h3-6,8,12H,7H2,1-2H3,(H,15,17). The molecule has 0 radical (unpaired) electrons. The van der Waals surface area contributed by atoms with Crippen LogP contribution in [0.3, 0.4) is 0 Å². The van der Waals surface area contributed by atoms with Crippen LogP contribution in [0.4, 0.5) is 0 Å². The van der Waals surface area contributed by atoms with E-state index in [4.69, 9.17) is 4.84 Å². The van der Waals surface area contributed by atoms with Crippen molar-refractivity contribution in [2.24, 2.45) is 5.16 Å². The summed E-state index contributed by atoms with van der Waals surface area (Å²) in [7, 11) is 0. The molecular weight excluding hydrogens is 296 g/mol. The van der Waals surface area contributed by atoms with Gasteiger partial charge < -0.3 is 10.2 Å². The highest BCUT2D eigenvalue weighted by Crippen LogP contribution is 2.19. The molecule has 4 nitrogen and oxygen atoms in total. The molecule has 5 heteroatoms. The zero-order valence-electron chi connectivity index (χ0n) is 10.3. The topological polar surface area (TPSA) is 50.7 Å². The number of carbonyl (C=O) groups excluding carboxylic acids is 1. The summed E-state index contributed by atoms with van der Waals surface area (Å²) in [5.41, 5.74) is 1.78. The highest BCUT2D eigenvalue weighted by molar-refractivity contribution is 9.10. The minimum absolute atomic E-state index is 0.107. The summed E-state index contributed by atoms with van der Waals surface area (Å²) in [5, 5.41) is 6.81. The number of hydrogen-bond donors (Lipinski definition) is 1. The zero-order valence-corrected chi connectivity index (χ0v) is 11.9. The Labute approximate surface area is 115 Å². The first-order valence-electron chi connectivity index (χ1n) is 5.85. The summed E-state index contributed by atoms with van der Waals surface area (Å²) in [6.07, 6.45) is -0.00367. The van der Waals surface area contributed by atoms with Crippen molar-refractivity contribution in [3.63, 3.8) is 0 Å². The van der Waals surface area contributed by atoms with Crippen LogP contribution in [0, 0.1) is 0 Å². The van der Waals surface area contributed by atoms with E-state index in [1.165, 1.54) is 0 Å². The van der Waals surface area contributed by atoms with E-state index in [-0.39, 0.29) is 11.9 Å². The molecule has 1 aliphatic rings. The molecule has 0 saturated carbocycles. The average Bonchev–Trinajstić information content (AvgIpc) is 2.77. The smallest absolute Gasteiger partial charge is 0.264 e. The molecular formula is C13H15BrN2O2. The van der Waals surface area contributed by atoms with E-state index in [1.807, 2.05) is 38.1 Å². The molecule has 1 unspecified atom stereocenters. The van der Waals surface area contributed by atoms with Crippen molar-refractivity contribution >= 4 is 27.5 Å². The van der Waals surface area contributed by atoms with Crippen molar-refractivity contribution < 1.29 is 9.63 Å². The number of oxime groups is 1. The molecule has 1 aromatic rings. The summed E-state index contributed by atoms with van der Waals surface area (Å²) in [6.45, 7) is 3.84. The second-order valence-electron chi connectivity index (χ2n) is 4.51. The molecule has 0 aliphatic carbocycles. The van der Waals surface area contributed by atoms with Gasteiger partial charge in [0.2, 0.25) is 6.10 Å². The van der Waals surface area contributed by atoms with Crippen molar-refractivity contribution in [1.82, 2.24) is 5.32 Å². The third-order valence-electron chi connectivity index (χ3n) is 2.55. The molecule has 18 heavy (non-hydrogen) atoms. The first-order chi connectivity index (χ1) is 8.56. The Morgan fingerprint density at radius 3 is 3.00 bits per heavy atom. The van der Waals surface area contributed by atoms with E-state index in [0.29, 0.717) is 6.42 Å². The molecule has 0 bridgehead atoms. The minimum atomic E-state index is -0.513. The fourth-order valence-corrected chi connectivity index (χ4v) is 2.13. The third-order valence-corrected chi connectivity index (χ3v) is 3.04. The molecule has 0 aromatic heterocycles. The Kier molecular flexibility index (Phi) is 4.01. The second kappa shape index (κ2) is 5.52. The maximum atomic E-state index is 11.8. The maximum absolute atomic E-state index is 11.8. The van der Waals surface area contributed by atoms with Gasteiger partial charge in [0.25, 0.3) is 5.91 Å². The average molecular weight is 311 g/mol. The van der Waals surface area contributed by atoms with Crippen LogP contribution in [0.1, 0.15) is 25.8 Å². The van der Waals surface area contributed by atoms with Gasteiger partial charge in [-0.05, 0) is 26.0 Å². The fraction of sp³-hybridized carbons (Fsp3) is 0.385. The molecule has 0 fully saturated rings. The quantitative estimate of drug-likeness (QED) is 0.932. The van der Waals surface area contributed by atoms with Gasteiger partial charge in [-0.1, -0.05) is 33.2 Å². The first kappa shape index (κ1) is 13.1. The van der Waals surface area contributed by atoms with Crippen molar-refractivity contribution in [3.8, 4) is 0 Å². The second-order valence-corrected chi connectivity index (χ2v) is 5.43. The molecule has 96 valence electrons. The van der Waals surface area contributed by atoms with Gasteiger partial charge in [-0.3, -0.25) is 4.79 Å². The molecule has 1 aliphatic heterocycles. The van der Waals surface area contributed by atoms with Gasteiger partial charge >= 0.3 is 0 Å². The van der Waals surface area contributed by atoms with Crippen LogP contribution in [-0.2, 0) is 9.63 Å². The molecule has 1 amide bonds. The number of benzene rings is 1. The van der Waals surface area contributed by atoms with Gasteiger partial charge in [-0.25, -0.2) is 0 Å². The Balaban J connectivity index is 2.02. The number of nitrogens with zero attached hydrogens (tertiary/aromatic N) is 1. The number of rotatable bonds is 3. The van der Waals surface area contributed by atoms with Crippen LogP contribution < -0.4 is 5.32 Å². The van der Waals surface area contributed by atoms with Crippen molar-refractivity contribution in [2.75, 3.05) is 0 Å². The van der Waals surface area contributed by atoms with Gasteiger partial charge in [0.15, 0.2) is 0 Å². The Morgan fingerprint density at radius 2 is 2.33 bits per heavy atom. The lowest BCUT2D eigenvalue weighted by Crippen LogP contribution is -2.38. The SMILES string of the molecule is CC(C)NC(=O)C1CC(c2cccc(Br)c2)=NO1. The lowest BCUT2D eigenvalue weighted by atomic mass is 10.0. The predicted molar refractivity (Wildman–Crippen MR) is 73.4 cm³/mol. The van der Waals surface area contributed by atoms with E-state index < -0.39 is 6.10 Å². The molecule has 2 rings (SSSR count). The molecule has 1 heterocycles. The highest BCUT2D eigenvalue weighted by atomic mass is 79.9. The third kappa shape index (κ3) is 3.10. The maximum Gasteiger partial charge on any atom is 0.264 e. The van der Waals surface area contributed by atoms with E-state index in [9.17, 15) is 4.79 Å². The molecule has 1 aromatic carbocycles. The Hall–Kier alpha value is -1.36. The zero-order chi connectivity index (χ0) is 13.1. The molecule has 1 N–H and O–H groups in total. The van der Waals surface area contributed by atoms with Crippen molar-refractivity contribution in [2.45, 2.75) is 32.4 Å². The highest BCUT2D eigenvalue weighted by Gasteiger charge is 2.29. The monoisotopic (exact) mass is 310 g/mol. The van der Waals surface area contributed by atoms with Crippen LogP contribution in [0.5, 0.6) is 0 Å². The minimum Gasteiger partial charge on any atom is -0.382 e. The fourth-order valence-electron chi connectivity index (χ4n) is 1.73. The van der Waals surface area contributed by atoms with E-state index >= 15 is 0 Å². The van der Waals surface area contributed by atoms with E-state index in [1.54, 1.807) is 0 Å². The summed E-state index contributed by atoms with van der Waals surface area (Å²) in [6, 6.07) is 7.91. The number of carbonyl (C=O) groups is 1. The largest absolute Gasteiger partial charge is 0.382 e. The summed E-state index contributed by atoms with van der Waals surface area (Å²) in [4.78, 5) is 17.0. The van der Waals surface area contributed by atoms with Gasteiger partial charge in [-0.15, -0.1) is 0 Å². The predicted octanol–water partition coefficient (Wildman–Crippen LogP) is 2.47. The molecule has 0 saturated heterocycles. The van der Waals surface area contributed by atoms with E-state index in [0.717, 1.165) is 15.7 Å². The number of hydrogen-bond acceptors (Lipinski definition) is 3. The van der Waals surface area contributed by atoms with Crippen LogP contribution in [0.15, 0.2) is 33.9 Å². The molecule has 1 atom stereocenters.